The zero-order chi connectivity index (χ0) is 72.6. The van der Waals surface area contributed by atoms with Crippen LogP contribution in [0.5, 0.6) is 11.5 Å². The summed E-state index contributed by atoms with van der Waals surface area (Å²) in [6, 6.07) is 7.10. The number of primary amides is 2. The highest BCUT2D eigenvalue weighted by molar-refractivity contribution is 6.34. The number of halogens is 6. The number of aromatic hydroxyl groups is 2. The topological polar surface area (TPSA) is 356 Å². The van der Waals surface area contributed by atoms with Crippen molar-refractivity contribution in [3.8, 4) is 45.6 Å². The maximum atomic E-state index is 14.9. The zero-order valence-electron chi connectivity index (χ0n) is 54.8. The van der Waals surface area contributed by atoms with E-state index in [9.17, 15) is 61.3 Å². The van der Waals surface area contributed by atoms with Crippen LogP contribution in [0, 0.1) is 35.4 Å². The number of nitrogens with two attached hydrogens (primary N) is 2. The van der Waals surface area contributed by atoms with Crippen molar-refractivity contribution < 1.29 is 51.7 Å². The van der Waals surface area contributed by atoms with Gasteiger partial charge < -0.3 is 61.0 Å². The summed E-state index contributed by atoms with van der Waals surface area (Å²) < 4.78 is 67.7. The summed E-state index contributed by atoms with van der Waals surface area (Å²) in [5, 5.41) is 32.6. The average Bonchev–Trinajstić information content (AvgIpc) is 1.63. The molecule has 4 amide bonds. The summed E-state index contributed by atoms with van der Waals surface area (Å²) in [7, 11) is 7.38. The van der Waals surface area contributed by atoms with Crippen molar-refractivity contribution in [1.82, 2.24) is 67.6 Å². The first-order valence-corrected chi connectivity index (χ1v) is 31.8. The quantitative estimate of drug-likeness (QED) is 0.0290. The molecule has 10 heterocycles. The standard InChI is InChI=1S/C33H33ClF2N10O5.C33H31ClF2N10O4/c1-17-12-42(2)6-7-46(17)25-10-23(28(34)30(36)41-25)40-26(48)15-45-14-21(18-8-20(31(37)50)29(49)22(35)9-18)27-32(45)38-16-44(33(27)51)5-4-24(47)19-11-39-43(3)13-19;1-18-13-42(2)7-8-46(18)25-11-24(28(34)30(36)41-25)40-26(47)16-45-15-22(20-9-21(31(37)49)29(48)23(35)10-20)27-32(45)38-17-44(33(27)50)6-4-5-19-12-39-43(3)14-19/h8-11,13-14,16-17,49H,4-7,12,15H2,1-3H3,(H2,37,50)(H,40,41,48);9-12,14-15,17-18,48H,6-8,13,16H2,1-3H3,(H2,37,49)(H,40,41,47)/t17-;18-/m00/s1. The van der Waals surface area contributed by atoms with Gasteiger partial charge in [-0.1, -0.05) is 35.0 Å². The molecule has 8 aromatic heterocycles. The Morgan fingerprint density at radius 2 is 1.07 bits per heavy atom. The third-order valence-electron chi connectivity index (χ3n) is 17.0. The van der Waals surface area contributed by atoms with Crippen molar-refractivity contribution in [1.29, 1.82) is 0 Å². The van der Waals surface area contributed by atoms with Crippen LogP contribution in [0.2, 0.25) is 10.0 Å². The van der Waals surface area contributed by atoms with E-state index in [-0.39, 0.29) is 98.1 Å². The number of nitrogens with one attached hydrogen (secondary N) is 2. The molecule has 0 radical (unpaired) electrons. The number of fused-ring (bicyclic) bond motifs is 2. The number of ketones is 1. The van der Waals surface area contributed by atoms with Crippen LogP contribution in [0.4, 0.5) is 40.6 Å². The first kappa shape index (κ1) is 70.8. The molecule has 2 aromatic carbocycles. The van der Waals surface area contributed by atoms with Crippen molar-refractivity contribution in [2.45, 2.75) is 58.5 Å². The maximum Gasteiger partial charge on any atom is 0.264 e. The Bertz CT molecular complexity index is 5190. The Balaban J connectivity index is 0.000000203. The number of aromatic nitrogens is 12. The molecule has 10 aromatic rings. The molecule has 12 rings (SSSR count). The lowest BCUT2D eigenvalue weighted by Gasteiger charge is -2.39. The second kappa shape index (κ2) is 29.2. The molecule has 0 bridgehead atoms. The number of benzene rings is 2. The third kappa shape index (κ3) is 15.1. The Morgan fingerprint density at radius 1 is 0.614 bits per heavy atom. The number of hydrogen-bond acceptors (Lipinski definition) is 19. The van der Waals surface area contributed by atoms with Gasteiger partial charge in [0.2, 0.25) is 23.7 Å². The minimum absolute atomic E-state index is 0.00353. The number of phenols is 2. The highest BCUT2D eigenvalue weighted by atomic mass is 35.5. The van der Waals surface area contributed by atoms with Crippen LogP contribution in [0.25, 0.3) is 44.3 Å². The van der Waals surface area contributed by atoms with Gasteiger partial charge in [0.05, 0.1) is 69.7 Å². The molecule has 2 aliphatic rings. The van der Waals surface area contributed by atoms with Crippen LogP contribution < -0.4 is 43.0 Å². The van der Waals surface area contributed by atoms with Crippen LogP contribution in [0.1, 0.15) is 56.9 Å². The number of aryl methyl sites for hydroxylation is 3. The summed E-state index contributed by atoms with van der Waals surface area (Å²) in [5.41, 5.74) is 9.65. The van der Waals surface area contributed by atoms with Gasteiger partial charge in [0, 0.05) is 126 Å². The zero-order valence-corrected chi connectivity index (χ0v) is 56.4. The summed E-state index contributed by atoms with van der Waals surface area (Å²) in [6.45, 7) is 7.00. The second-order valence-corrected chi connectivity index (χ2v) is 25.1. The van der Waals surface area contributed by atoms with E-state index < -0.39 is 99.0 Å². The predicted molar refractivity (Wildman–Crippen MR) is 366 cm³/mol. The van der Waals surface area contributed by atoms with Gasteiger partial charge in [-0.05, 0) is 63.3 Å². The number of rotatable bonds is 17. The molecule has 2 fully saturated rings. The fourth-order valence-electron chi connectivity index (χ4n) is 12.0. The van der Waals surface area contributed by atoms with Crippen molar-refractivity contribution in [3.05, 3.63) is 163 Å². The minimum atomic E-state index is -1.17. The summed E-state index contributed by atoms with van der Waals surface area (Å²) in [4.78, 5) is 116. The summed E-state index contributed by atoms with van der Waals surface area (Å²) in [6.07, 6.45) is 11.4. The van der Waals surface area contributed by atoms with Crippen molar-refractivity contribution in [2.24, 2.45) is 25.6 Å². The van der Waals surface area contributed by atoms with E-state index in [1.807, 2.05) is 37.7 Å². The van der Waals surface area contributed by atoms with E-state index in [0.29, 0.717) is 35.9 Å². The van der Waals surface area contributed by atoms with Gasteiger partial charge in [-0.2, -0.15) is 19.0 Å². The molecular weight excluding hydrogens is 1360 g/mol. The van der Waals surface area contributed by atoms with Gasteiger partial charge in [-0.25, -0.2) is 28.7 Å². The maximum absolute atomic E-state index is 14.9. The van der Waals surface area contributed by atoms with E-state index in [0.717, 1.165) is 50.4 Å². The molecule has 29 nitrogen and oxygen atoms in total. The highest BCUT2D eigenvalue weighted by Gasteiger charge is 2.30. The molecule has 0 spiro atoms. The van der Waals surface area contributed by atoms with Crippen LogP contribution in [-0.2, 0) is 49.9 Å². The van der Waals surface area contributed by atoms with E-state index in [4.69, 9.17) is 34.7 Å². The van der Waals surface area contributed by atoms with Crippen LogP contribution in [-0.4, -0.2) is 173 Å². The Morgan fingerprint density at radius 3 is 1.50 bits per heavy atom. The highest BCUT2D eigenvalue weighted by Crippen LogP contribution is 2.37. The van der Waals surface area contributed by atoms with Gasteiger partial charge in [-0.15, -0.1) is 0 Å². The molecule has 2 saturated heterocycles. The predicted octanol–water partition coefficient (Wildman–Crippen LogP) is 5.34. The fraction of sp³-hybridized carbons (Fsp3) is 0.288. The Kier molecular flexibility index (Phi) is 20.4. The van der Waals surface area contributed by atoms with Crippen molar-refractivity contribution >= 4 is 97.7 Å². The van der Waals surface area contributed by atoms with Gasteiger partial charge in [0.1, 0.15) is 52.4 Å². The third-order valence-corrected chi connectivity index (χ3v) is 17.7. The molecular formula is C66H64Cl2F4N20O9. The van der Waals surface area contributed by atoms with E-state index >= 15 is 0 Å². The van der Waals surface area contributed by atoms with Crippen molar-refractivity contribution in [3.63, 3.8) is 0 Å². The monoisotopic (exact) mass is 1430 g/mol. The molecule has 101 heavy (non-hydrogen) atoms. The lowest BCUT2D eigenvalue weighted by atomic mass is 10.0. The molecule has 0 aliphatic carbocycles. The number of piperazine rings is 2. The van der Waals surface area contributed by atoms with Crippen LogP contribution in [0.3, 0.4) is 0 Å². The molecule has 0 unspecified atom stereocenters. The van der Waals surface area contributed by atoms with Gasteiger partial charge >= 0.3 is 0 Å². The fourth-order valence-corrected chi connectivity index (χ4v) is 12.3. The Labute approximate surface area is 580 Å². The summed E-state index contributed by atoms with van der Waals surface area (Å²) >= 11 is 12.5. The second-order valence-electron chi connectivity index (χ2n) is 24.3. The van der Waals surface area contributed by atoms with E-state index in [1.54, 1.807) is 37.4 Å². The van der Waals surface area contributed by atoms with Gasteiger partial charge in [0.15, 0.2) is 28.9 Å². The average molecular weight is 1430 g/mol. The number of carbonyl (C=O) groups is 5. The molecule has 35 heteroatoms. The molecule has 2 aliphatic heterocycles. The number of pyridine rings is 2. The number of nitrogens with zero attached hydrogens (tertiary/aromatic N) is 16. The van der Waals surface area contributed by atoms with Crippen LogP contribution >= 0.6 is 23.2 Å². The van der Waals surface area contributed by atoms with Gasteiger partial charge in [-0.3, -0.25) is 52.1 Å². The number of anilines is 4. The van der Waals surface area contributed by atoms with Crippen LogP contribution in [0.15, 0.2) is 95.8 Å². The number of carbonyl (C=O) groups excluding carboxylic acids is 5. The first-order valence-electron chi connectivity index (χ1n) is 31.1. The number of likely N-dealkylation sites (N-methyl/N-ethyl adjacent to an activating group) is 2. The normalized spacial score (nSPS) is 14.9. The first-order chi connectivity index (χ1) is 48.0. The smallest absolute Gasteiger partial charge is 0.264 e. The minimum Gasteiger partial charge on any atom is -0.504 e. The largest absolute Gasteiger partial charge is 0.504 e. The molecule has 0 saturated carbocycles. The van der Waals surface area contributed by atoms with Crippen molar-refractivity contribution in [2.75, 3.05) is 73.8 Å². The number of amides is 4. The lowest BCUT2D eigenvalue weighted by Crippen LogP contribution is -2.50. The Hall–Kier alpha value is -11.5. The lowest BCUT2D eigenvalue weighted by molar-refractivity contribution is -0.117. The number of hydrogen-bond donors (Lipinski definition) is 6. The number of Topliss-reactive ketones (excluding diaryl/α,β-unsaturated/α-hetero) is 1. The summed E-state index contributed by atoms with van der Waals surface area (Å²) in [5.74, 6) is -3.57. The van der Waals surface area contributed by atoms with E-state index in [2.05, 4.69) is 62.4 Å². The molecule has 524 valence electrons. The van der Waals surface area contributed by atoms with E-state index in [1.165, 1.54) is 66.3 Å². The molecule has 8 N–H and O–H groups in total. The molecule has 2 atom stereocenters. The van der Waals surface area contributed by atoms with Gasteiger partial charge in [0.25, 0.3) is 22.9 Å². The SMILES string of the molecule is C[C@H]1CN(C)CCN1c1cc(NC(=O)Cn2cc(-c3cc(F)c(O)c(C(N)=O)c3)c3c(=O)n(CC#Cc4cnn(C)c4)cnc32)c(Cl)c(F)n1.C[C@H]1CN(C)CCN1c1cc(NC(=O)Cn2cc(-c3cc(F)c(O)c(C(N)=O)c3)c3c(=O)n(CCC(=O)c4cnn(C)c4)cnc32)c(Cl)c(F)n1.